The fraction of sp³-hybridized carbons (Fsp3) is 0.667. The van der Waals surface area contributed by atoms with Gasteiger partial charge in [-0.25, -0.2) is 0 Å². The molecule has 1 aliphatic carbocycles. The first kappa shape index (κ1) is 16.3. The van der Waals surface area contributed by atoms with Crippen molar-refractivity contribution in [2.45, 2.75) is 51.5 Å². The predicted molar refractivity (Wildman–Crippen MR) is 86.9 cm³/mol. The van der Waals surface area contributed by atoms with Gasteiger partial charge in [-0.1, -0.05) is 19.4 Å². The molecule has 0 heterocycles. The smallest absolute Gasteiger partial charge is 0.119 e. The van der Waals surface area contributed by atoms with E-state index >= 15 is 0 Å². The molecule has 1 aromatic rings. The highest BCUT2D eigenvalue weighted by atomic mass is 16.5. The molecule has 118 valence electrons. The van der Waals surface area contributed by atoms with E-state index in [1.807, 2.05) is 0 Å². The molecule has 3 nitrogen and oxygen atoms in total. The summed E-state index contributed by atoms with van der Waals surface area (Å²) in [7, 11) is 1.73. The first-order chi connectivity index (χ1) is 10.3. The lowest BCUT2D eigenvalue weighted by atomic mass is 9.87. The molecule has 0 amide bonds. The van der Waals surface area contributed by atoms with Gasteiger partial charge in [-0.15, -0.1) is 0 Å². The third-order valence-corrected chi connectivity index (χ3v) is 4.57. The number of fused-ring (bicyclic) bond motifs is 1. The number of benzene rings is 1. The van der Waals surface area contributed by atoms with Gasteiger partial charge in [0.05, 0.1) is 7.11 Å². The zero-order chi connectivity index (χ0) is 15.1. The number of methoxy groups -OCH3 is 1. The van der Waals surface area contributed by atoms with Gasteiger partial charge < -0.3 is 15.2 Å². The van der Waals surface area contributed by atoms with E-state index in [0.717, 1.165) is 31.6 Å². The maximum atomic E-state index is 9.15. The molecule has 2 unspecified atom stereocenters. The van der Waals surface area contributed by atoms with Crippen LogP contribution in [0.5, 0.6) is 5.75 Å². The first-order valence-corrected chi connectivity index (χ1v) is 8.26. The summed E-state index contributed by atoms with van der Waals surface area (Å²) in [6.07, 6.45) is 6.75. The van der Waals surface area contributed by atoms with E-state index < -0.39 is 0 Å². The van der Waals surface area contributed by atoms with Crippen molar-refractivity contribution in [1.29, 1.82) is 0 Å². The molecule has 0 saturated carbocycles. The monoisotopic (exact) mass is 291 g/mol. The molecule has 3 heteroatoms. The van der Waals surface area contributed by atoms with Crippen LogP contribution in [0.25, 0.3) is 0 Å². The van der Waals surface area contributed by atoms with Gasteiger partial charge in [-0.05, 0) is 67.8 Å². The number of nitrogens with one attached hydrogen (secondary N) is 1. The third-order valence-electron chi connectivity index (χ3n) is 4.57. The lowest BCUT2D eigenvalue weighted by molar-refractivity contribution is 0.243. The van der Waals surface area contributed by atoms with Gasteiger partial charge in [0.2, 0.25) is 0 Å². The van der Waals surface area contributed by atoms with Gasteiger partial charge in [-0.3, -0.25) is 0 Å². The fourth-order valence-corrected chi connectivity index (χ4v) is 3.31. The van der Waals surface area contributed by atoms with E-state index in [0.29, 0.717) is 18.6 Å². The standard InChI is InChI=1S/C18H29NO2/c1-3-4-14(9-10-20)13-19-17-7-5-15-6-8-18(21-2)12-16(15)11-17/h6,8,12,14,17,19-20H,3-5,7,9-11,13H2,1-2H3. The average molecular weight is 291 g/mol. The Morgan fingerprint density at radius 2 is 2.19 bits per heavy atom. The van der Waals surface area contributed by atoms with Crippen molar-refractivity contribution in [1.82, 2.24) is 5.32 Å². The second-order valence-electron chi connectivity index (χ2n) is 6.15. The number of rotatable bonds is 8. The summed E-state index contributed by atoms with van der Waals surface area (Å²) in [4.78, 5) is 0. The Balaban J connectivity index is 1.88. The zero-order valence-electron chi connectivity index (χ0n) is 13.4. The molecule has 0 aromatic heterocycles. The van der Waals surface area contributed by atoms with Crippen molar-refractivity contribution in [3.63, 3.8) is 0 Å². The molecule has 21 heavy (non-hydrogen) atoms. The maximum Gasteiger partial charge on any atom is 0.119 e. The predicted octanol–water partition coefficient (Wildman–Crippen LogP) is 2.94. The van der Waals surface area contributed by atoms with Crippen LogP contribution < -0.4 is 10.1 Å². The van der Waals surface area contributed by atoms with E-state index in [-0.39, 0.29) is 0 Å². The second kappa shape index (κ2) is 8.40. The summed E-state index contributed by atoms with van der Waals surface area (Å²) >= 11 is 0. The Bertz CT molecular complexity index is 427. The van der Waals surface area contributed by atoms with Crippen LogP contribution in [0.4, 0.5) is 0 Å². The zero-order valence-corrected chi connectivity index (χ0v) is 13.4. The maximum absolute atomic E-state index is 9.15. The van der Waals surface area contributed by atoms with Crippen molar-refractivity contribution in [3.8, 4) is 5.75 Å². The van der Waals surface area contributed by atoms with Crippen LogP contribution in [0.1, 0.15) is 43.7 Å². The first-order valence-electron chi connectivity index (χ1n) is 8.26. The van der Waals surface area contributed by atoms with Crippen LogP contribution in [-0.2, 0) is 12.8 Å². The Kier molecular flexibility index (Phi) is 6.52. The van der Waals surface area contributed by atoms with Gasteiger partial charge >= 0.3 is 0 Å². The van der Waals surface area contributed by atoms with E-state index in [2.05, 4.69) is 30.4 Å². The van der Waals surface area contributed by atoms with Crippen LogP contribution in [0.3, 0.4) is 0 Å². The second-order valence-corrected chi connectivity index (χ2v) is 6.15. The van der Waals surface area contributed by atoms with Crippen LogP contribution >= 0.6 is 0 Å². The minimum absolute atomic E-state index is 0.303. The van der Waals surface area contributed by atoms with Crippen LogP contribution in [0, 0.1) is 5.92 Å². The largest absolute Gasteiger partial charge is 0.497 e. The van der Waals surface area contributed by atoms with Gasteiger partial charge in [0.15, 0.2) is 0 Å². The topological polar surface area (TPSA) is 41.5 Å². The Morgan fingerprint density at radius 1 is 1.33 bits per heavy atom. The summed E-state index contributed by atoms with van der Waals surface area (Å²) < 4.78 is 5.33. The lowest BCUT2D eigenvalue weighted by Crippen LogP contribution is -2.37. The SMILES string of the molecule is CCCC(CCO)CNC1CCc2ccc(OC)cc2C1. The number of ether oxygens (including phenoxy) is 1. The summed E-state index contributed by atoms with van der Waals surface area (Å²) in [5.41, 5.74) is 2.89. The molecular weight excluding hydrogens is 262 g/mol. The number of aliphatic hydroxyl groups is 1. The highest BCUT2D eigenvalue weighted by Gasteiger charge is 2.19. The number of aryl methyl sites for hydroxylation is 1. The summed E-state index contributed by atoms with van der Waals surface area (Å²) in [5.74, 6) is 1.56. The van der Waals surface area contributed by atoms with Crippen LogP contribution in [0.15, 0.2) is 18.2 Å². The van der Waals surface area contributed by atoms with Gasteiger partial charge in [0.1, 0.15) is 5.75 Å². The molecular formula is C18H29NO2. The number of aliphatic hydroxyl groups excluding tert-OH is 1. The molecule has 0 radical (unpaired) electrons. The molecule has 2 N–H and O–H groups in total. The Hall–Kier alpha value is -1.06. The highest BCUT2D eigenvalue weighted by Crippen LogP contribution is 2.25. The normalized spacial score (nSPS) is 19.1. The van der Waals surface area contributed by atoms with Crippen molar-refractivity contribution in [3.05, 3.63) is 29.3 Å². The van der Waals surface area contributed by atoms with Crippen molar-refractivity contribution >= 4 is 0 Å². The molecule has 0 spiro atoms. The van der Waals surface area contributed by atoms with E-state index in [1.165, 1.54) is 30.4 Å². The summed E-state index contributed by atoms with van der Waals surface area (Å²) in [5, 5.41) is 12.9. The number of hydrogen-bond donors (Lipinski definition) is 2. The van der Waals surface area contributed by atoms with E-state index in [1.54, 1.807) is 7.11 Å². The quantitative estimate of drug-likeness (QED) is 0.774. The summed E-state index contributed by atoms with van der Waals surface area (Å²) in [6.45, 7) is 3.54. The fourth-order valence-electron chi connectivity index (χ4n) is 3.31. The molecule has 0 fully saturated rings. The molecule has 2 rings (SSSR count). The molecule has 1 aromatic carbocycles. The Labute approximate surface area is 128 Å². The minimum atomic E-state index is 0.303. The van der Waals surface area contributed by atoms with Crippen molar-refractivity contribution in [2.24, 2.45) is 5.92 Å². The van der Waals surface area contributed by atoms with Gasteiger partial charge in [0.25, 0.3) is 0 Å². The highest BCUT2D eigenvalue weighted by molar-refractivity contribution is 5.37. The molecule has 1 aliphatic rings. The van der Waals surface area contributed by atoms with Crippen LogP contribution in [-0.4, -0.2) is 31.4 Å². The lowest BCUT2D eigenvalue weighted by Gasteiger charge is -2.28. The van der Waals surface area contributed by atoms with Crippen molar-refractivity contribution < 1.29 is 9.84 Å². The minimum Gasteiger partial charge on any atom is -0.497 e. The third kappa shape index (κ3) is 4.72. The summed E-state index contributed by atoms with van der Waals surface area (Å²) in [6, 6.07) is 7.00. The van der Waals surface area contributed by atoms with Crippen molar-refractivity contribution in [2.75, 3.05) is 20.3 Å². The molecule has 0 bridgehead atoms. The van der Waals surface area contributed by atoms with Gasteiger partial charge in [-0.2, -0.15) is 0 Å². The average Bonchev–Trinajstić information content (AvgIpc) is 2.52. The van der Waals surface area contributed by atoms with E-state index in [4.69, 9.17) is 9.84 Å². The molecule has 2 atom stereocenters. The Morgan fingerprint density at radius 3 is 2.90 bits per heavy atom. The molecule has 0 saturated heterocycles. The van der Waals surface area contributed by atoms with Gasteiger partial charge in [0, 0.05) is 12.6 Å². The van der Waals surface area contributed by atoms with E-state index in [9.17, 15) is 0 Å². The van der Waals surface area contributed by atoms with Crippen LogP contribution in [0.2, 0.25) is 0 Å². The number of hydrogen-bond acceptors (Lipinski definition) is 3. The molecule has 0 aliphatic heterocycles.